The molecule has 0 spiro atoms. The number of rotatable bonds is 5. The van der Waals surface area contributed by atoms with E-state index in [0.29, 0.717) is 23.2 Å². The molecule has 0 aromatic heterocycles. The molecule has 110 valence electrons. The standard InChI is InChI=1S/C14H19ClN2O3/c1-8(2)7-17-13(18)9(3)20-14(19)10-4-11(15)6-12(16)5-10/h4-6,8-9H,7,16H2,1-3H3,(H,17,18). The quantitative estimate of drug-likeness (QED) is 0.645. The minimum absolute atomic E-state index is 0.221. The monoisotopic (exact) mass is 298 g/mol. The number of esters is 1. The second-order valence-electron chi connectivity index (χ2n) is 4.96. The van der Waals surface area contributed by atoms with Crippen molar-refractivity contribution in [3.05, 3.63) is 28.8 Å². The first kappa shape index (κ1) is 16.3. The van der Waals surface area contributed by atoms with Crippen LogP contribution in [0.3, 0.4) is 0 Å². The molecule has 0 heterocycles. The number of carbonyl (C=O) groups is 2. The molecule has 1 atom stereocenters. The normalized spacial score (nSPS) is 12.1. The van der Waals surface area contributed by atoms with E-state index in [4.69, 9.17) is 22.1 Å². The number of amides is 1. The number of hydrogen-bond acceptors (Lipinski definition) is 4. The minimum atomic E-state index is -0.874. The first-order valence-corrected chi connectivity index (χ1v) is 6.72. The number of halogens is 1. The maximum absolute atomic E-state index is 11.9. The summed E-state index contributed by atoms with van der Waals surface area (Å²) in [5, 5.41) is 3.04. The van der Waals surface area contributed by atoms with Crippen molar-refractivity contribution in [2.75, 3.05) is 12.3 Å². The number of hydrogen-bond donors (Lipinski definition) is 2. The lowest BCUT2D eigenvalue weighted by Gasteiger charge is -2.14. The highest BCUT2D eigenvalue weighted by Gasteiger charge is 2.19. The van der Waals surface area contributed by atoms with Crippen LogP contribution < -0.4 is 11.1 Å². The fourth-order valence-electron chi connectivity index (χ4n) is 1.46. The van der Waals surface area contributed by atoms with Gasteiger partial charge in [-0.05, 0) is 31.0 Å². The summed E-state index contributed by atoms with van der Waals surface area (Å²) >= 11 is 5.81. The predicted molar refractivity (Wildman–Crippen MR) is 78.6 cm³/mol. The van der Waals surface area contributed by atoms with Gasteiger partial charge in [0.05, 0.1) is 5.56 Å². The number of ether oxygens (including phenoxy) is 1. The third-order valence-corrected chi connectivity index (χ3v) is 2.71. The summed E-state index contributed by atoms with van der Waals surface area (Å²) in [6.45, 7) is 6.00. The van der Waals surface area contributed by atoms with E-state index < -0.39 is 12.1 Å². The van der Waals surface area contributed by atoms with E-state index in [-0.39, 0.29) is 11.5 Å². The second kappa shape index (κ2) is 7.14. The number of benzene rings is 1. The second-order valence-corrected chi connectivity index (χ2v) is 5.40. The first-order chi connectivity index (χ1) is 9.29. The third kappa shape index (κ3) is 5.09. The molecule has 0 saturated heterocycles. The average Bonchev–Trinajstić information content (AvgIpc) is 2.34. The zero-order chi connectivity index (χ0) is 15.3. The van der Waals surface area contributed by atoms with Crippen LogP contribution in [0.1, 0.15) is 31.1 Å². The van der Waals surface area contributed by atoms with Crippen LogP contribution in [0.4, 0.5) is 5.69 Å². The molecular weight excluding hydrogens is 280 g/mol. The van der Waals surface area contributed by atoms with Crippen LogP contribution >= 0.6 is 11.6 Å². The molecule has 1 unspecified atom stereocenters. The van der Waals surface area contributed by atoms with Crippen LogP contribution in [0.15, 0.2) is 18.2 Å². The summed E-state index contributed by atoms with van der Waals surface area (Å²) in [6.07, 6.45) is -0.874. The molecule has 0 fully saturated rings. The van der Waals surface area contributed by atoms with Crippen molar-refractivity contribution in [2.24, 2.45) is 5.92 Å². The Morgan fingerprint density at radius 3 is 2.50 bits per heavy atom. The molecular formula is C14H19ClN2O3. The summed E-state index contributed by atoms with van der Waals surface area (Å²) in [6, 6.07) is 4.42. The topological polar surface area (TPSA) is 81.4 Å². The maximum Gasteiger partial charge on any atom is 0.339 e. The molecule has 6 heteroatoms. The van der Waals surface area contributed by atoms with Crippen molar-refractivity contribution in [1.82, 2.24) is 5.32 Å². The first-order valence-electron chi connectivity index (χ1n) is 6.34. The number of nitrogens with two attached hydrogens (primary N) is 1. The Labute approximate surface area is 123 Å². The van der Waals surface area contributed by atoms with Crippen LogP contribution in [0.2, 0.25) is 5.02 Å². The highest BCUT2D eigenvalue weighted by molar-refractivity contribution is 6.31. The van der Waals surface area contributed by atoms with Crippen LogP contribution in [-0.2, 0) is 9.53 Å². The van der Waals surface area contributed by atoms with E-state index in [0.717, 1.165) is 0 Å². The van der Waals surface area contributed by atoms with E-state index in [1.165, 1.54) is 25.1 Å². The third-order valence-electron chi connectivity index (χ3n) is 2.49. The lowest BCUT2D eigenvalue weighted by atomic mass is 10.2. The van der Waals surface area contributed by atoms with E-state index in [1.54, 1.807) is 0 Å². The zero-order valence-corrected chi connectivity index (χ0v) is 12.5. The lowest BCUT2D eigenvalue weighted by Crippen LogP contribution is -2.37. The van der Waals surface area contributed by atoms with Crippen molar-refractivity contribution in [2.45, 2.75) is 26.9 Å². The lowest BCUT2D eigenvalue weighted by molar-refractivity contribution is -0.129. The molecule has 0 bridgehead atoms. The van der Waals surface area contributed by atoms with E-state index >= 15 is 0 Å². The van der Waals surface area contributed by atoms with Crippen LogP contribution in [-0.4, -0.2) is 24.5 Å². The Bertz CT molecular complexity index is 483. The van der Waals surface area contributed by atoms with Gasteiger partial charge >= 0.3 is 5.97 Å². The van der Waals surface area contributed by atoms with Crippen molar-refractivity contribution in [3.8, 4) is 0 Å². The molecule has 3 N–H and O–H groups in total. The fourth-order valence-corrected chi connectivity index (χ4v) is 1.70. The summed E-state index contributed by atoms with van der Waals surface area (Å²) in [5.74, 6) is -0.636. The van der Waals surface area contributed by atoms with Crippen LogP contribution in [0, 0.1) is 5.92 Å². The fraction of sp³-hybridized carbons (Fsp3) is 0.429. The van der Waals surface area contributed by atoms with Crippen LogP contribution in [0.5, 0.6) is 0 Å². The Morgan fingerprint density at radius 2 is 1.95 bits per heavy atom. The van der Waals surface area contributed by atoms with E-state index in [9.17, 15) is 9.59 Å². The Morgan fingerprint density at radius 1 is 1.30 bits per heavy atom. The Balaban J connectivity index is 2.63. The van der Waals surface area contributed by atoms with Gasteiger partial charge in [0.2, 0.25) is 0 Å². The molecule has 0 saturated carbocycles. The van der Waals surface area contributed by atoms with E-state index in [2.05, 4.69) is 5.32 Å². The summed E-state index contributed by atoms with van der Waals surface area (Å²) in [5.41, 5.74) is 6.18. The van der Waals surface area contributed by atoms with Crippen molar-refractivity contribution in [1.29, 1.82) is 0 Å². The van der Waals surface area contributed by atoms with Gasteiger partial charge in [0.15, 0.2) is 6.10 Å². The van der Waals surface area contributed by atoms with E-state index in [1.807, 2.05) is 13.8 Å². The number of anilines is 1. The molecule has 0 aliphatic heterocycles. The molecule has 1 amide bonds. The largest absolute Gasteiger partial charge is 0.449 e. The average molecular weight is 299 g/mol. The van der Waals surface area contributed by atoms with Gasteiger partial charge in [-0.2, -0.15) is 0 Å². The highest BCUT2D eigenvalue weighted by Crippen LogP contribution is 2.17. The van der Waals surface area contributed by atoms with Crippen molar-refractivity contribution in [3.63, 3.8) is 0 Å². The number of nitrogen functional groups attached to an aromatic ring is 1. The van der Waals surface area contributed by atoms with Crippen molar-refractivity contribution < 1.29 is 14.3 Å². The molecule has 0 aliphatic rings. The molecule has 0 radical (unpaired) electrons. The molecule has 20 heavy (non-hydrogen) atoms. The smallest absolute Gasteiger partial charge is 0.339 e. The Kier molecular flexibility index (Phi) is 5.82. The van der Waals surface area contributed by atoms with Gasteiger partial charge in [-0.3, -0.25) is 4.79 Å². The van der Waals surface area contributed by atoms with Gasteiger partial charge in [0.1, 0.15) is 0 Å². The molecule has 1 aromatic carbocycles. The maximum atomic E-state index is 11.9. The molecule has 1 aromatic rings. The SMILES string of the molecule is CC(C)CNC(=O)C(C)OC(=O)c1cc(N)cc(Cl)c1. The van der Waals surface area contributed by atoms with Crippen molar-refractivity contribution >= 4 is 29.2 Å². The van der Waals surface area contributed by atoms with Gasteiger partial charge in [0, 0.05) is 17.3 Å². The van der Waals surface area contributed by atoms with Gasteiger partial charge in [-0.25, -0.2) is 4.79 Å². The predicted octanol–water partition coefficient (Wildman–Crippen LogP) is 2.24. The highest BCUT2D eigenvalue weighted by atomic mass is 35.5. The van der Waals surface area contributed by atoms with Crippen LogP contribution in [0.25, 0.3) is 0 Å². The zero-order valence-electron chi connectivity index (χ0n) is 11.8. The summed E-state index contributed by atoms with van der Waals surface area (Å²) in [4.78, 5) is 23.6. The Hall–Kier alpha value is -1.75. The van der Waals surface area contributed by atoms with Gasteiger partial charge < -0.3 is 15.8 Å². The molecule has 0 aliphatic carbocycles. The van der Waals surface area contributed by atoms with Gasteiger partial charge in [-0.1, -0.05) is 25.4 Å². The minimum Gasteiger partial charge on any atom is -0.449 e. The summed E-state index contributed by atoms with van der Waals surface area (Å²) in [7, 11) is 0. The van der Waals surface area contributed by atoms with Gasteiger partial charge in [0.25, 0.3) is 5.91 Å². The summed E-state index contributed by atoms with van der Waals surface area (Å²) < 4.78 is 5.08. The molecule has 5 nitrogen and oxygen atoms in total. The van der Waals surface area contributed by atoms with Gasteiger partial charge in [-0.15, -0.1) is 0 Å². The molecule has 1 rings (SSSR count). The number of nitrogens with one attached hydrogen (secondary N) is 1. The number of carbonyl (C=O) groups excluding carboxylic acids is 2.